The van der Waals surface area contributed by atoms with Gasteiger partial charge in [0.15, 0.2) is 5.78 Å². The maximum absolute atomic E-state index is 11.7. The molecule has 2 aromatic rings. The summed E-state index contributed by atoms with van der Waals surface area (Å²) in [5.41, 5.74) is 2.22. The minimum atomic E-state index is -4.29. The van der Waals surface area contributed by atoms with E-state index in [4.69, 9.17) is 0 Å². The van der Waals surface area contributed by atoms with Crippen molar-refractivity contribution in [1.29, 1.82) is 0 Å². The highest BCUT2D eigenvalue weighted by Crippen LogP contribution is 2.51. The van der Waals surface area contributed by atoms with E-state index in [1.54, 1.807) is 30.3 Å². The first kappa shape index (κ1) is 13.8. The summed E-state index contributed by atoms with van der Waals surface area (Å²) in [6, 6.07) is 16.2. The third kappa shape index (κ3) is 3.67. The Morgan fingerprint density at radius 2 is 1.74 bits per heavy atom. The predicted octanol–water partition coefficient (Wildman–Crippen LogP) is 3.28. The first-order chi connectivity index (χ1) is 8.97. The van der Waals surface area contributed by atoms with Crippen LogP contribution in [0.5, 0.6) is 0 Å². The highest BCUT2D eigenvalue weighted by Gasteiger charge is 2.30. The Hall–Kier alpha value is -1.61. The quantitative estimate of drug-likeness (QED) is 0.750. The number of para-hydroxylation sites is 1. The van der Waals surface area contributed by atoms with Gasteiger partial charge in [0.2, 0.25) is 0 Å². The molecule has 0 aromatic heterocycles. The van der Waals surface area contributed by atoms with Crippen LogP contribution < -0.4 is 5.32 Å². The third-order valence-electron chi connectivity index (χ3n) is 2.77. The Balaban J connectivity index is 2.35. The van der Waals surface area contributed by atoms with E-state index in [-0.39, 0.29) is 0 Å². The SMILES string of the molecule is Cc1cccc([C@@H](Nc2ccccc2)P(=O)(O)O)c1. The van der Waals surface area contributed by atoms with Gasteiger partial charge in [-0.3, -0.25) is 4.57 Å². The van der Waals surface area contributed by atoms with Crippen LogP contribution in [0, 0.1) is 6.92 Å². The molecule has 1 atom stereocenters. The summed E-state index contributed by atoms with van der Waals surface area (Å²) < 4.78 is 11.7. The lowest BCUT2D eigenvalue weighted by atomic mass is 10.1. The first-order valence-electron chi connectivity index (χ1n) is 5.90. The molecule has 100 valence electrons. The molecule has 0 spiro atoms. The fraction of sp³-hybridized carbons (Fsp3) is 0.143. The van der Waals surface area contributed by atoms with Crippen molar-refractivity contribution >= 4 is 13.3 Å². The molecule has 0 unspecified atom stereocenters. The van der Waals surface area contributed by atoms with Crippen molar-refractivity contribution in [3.63, 3.8) is 0 Å². The topological polar surface area (TPSA) is 69.6 Å². The molecule has 0 aliphatic rings. The molecule has 0 aliphatic carbocycles. The minimum Gasteiger partial charge on any atom is -0.368 e. The van der Waals surface area contributed by atoms with E-state index in [0.717, 1.165) is 5.56 Å². The minimum absolute atomic E-state index is 0.581. The van der Waals surface area contributed by atoms with E-state index in [1.165, 1.54) is 0 Å². The maximum atomic E-state index is 11.7. The molecule has 5 heteroatoms. The molecule has 0 saturated heterocycles. The van der Waals surface area contributed by atoms with Gasteiger partial charge in [-0.05, 0) is 24.6 Å². The van der Waals surface area contributed by atoms with Gasteiger partial charge in [-0.25, -0.2) is 0 Å². The van der Waals surface area contributed by atoms with E-state index in [1.807, 2.05) is 31.2 Å². The molecule has 19 heavy (non-hydrogen) atoms. The number of anilines is 1. The summed E-state index contributed by atoms with van der Waals surface area (Å²) in [4.78, 5) is 19.1. The van der Waals surface area contributed by atoms with Crippen LogP contribution in [0.25, 0.3) is 0 Å². The molecule has 0 heterocycles. The summed E-state index contributed by atoms with van der Waals surface area (Å²) in [6.07, 6.45) is 0. The fourth-order valence-corrected chi connectivity index (χ4v) is 2.76. The van der Waals surface area contributed by atoms with Crippen LogP contribution in [0.2, 0.25) is 0 Å². The number of aryl methyl sites for hydroxylation is 1. The molecule has 0 aliphatic heterocycles. The maximum Gasteiger partial charge on any atom is 0.352 e. The Morgan fingerprint density at radius 1 is 1.05 bits per heavy atom. The first-order valence-corrected chi connectivity index (χ1v) is 7.58. The van der Waals surface area contributed by atoms with Crippen LogP contribution >= 0.6 is 7.60 Å². The largest absolute Gasteiger partial charge is 0.368 e. The van der Waals surface area contributed by atoms with Crippen LogP contribution in [0.3, 0.4) is 0 Å². The standard InChI is InChI=1S/C14H16NO3P/c1-11-6-5-7-12(10-11)14(19(16,17)18)15-13-8-3-2-4-9-13/h2-10,14-15H,1H3,(H2,16,17,18)/t14-/m0/s1. The van der Waals surface area contributed by atoms with Crippen molar-refractivity contribution in [3.05, 3.63) is 65.7 Å². The van der Waals surface area contributed by atoms with E-state index in [9.17, 15) is 14.4 Å². The second-order valence-corrected chi connectivity index (χ2v) is 6.11. The van der Waals surface area contributed by atoms with Gasteiger partial charge in [-0.2, -0.15) is 0 Å². The molecule has 0 saturated carbocycles. The van der Waals surface area contributed by atoms with E-state index in [2.05, 4.69) is 5.32 Å². The van der Waals surface area contributed by atoms with Crippen LogP contribution in [-0.2, 0) is 4.57 Å². The summed E-state index contributed by atoms with van der Waals surface area (Å²) in [6.45, 7) is 1.89. The molecular weight excluding hydrogens is 261 g/mol. The zero-order valence-corrected chi connectivity index (χ0v) is 11.4. The predicted molar refractivity (Wildman–Crippen MR) is 76.0 cm³/mol. The van der Waals surface area contributed by atoms with Crippen molar-refractivity contribution in [1.82, 2.24) is 0 Å². The van der Waals surface area contributed by atoms with Gasteiger partial charge in [0.1, 0.15) is 0 Å². The second kappa shape index (κ2) is 5.57. The molecule has 0 bridgehead atoms. The summed E-state index contributed by atoms with van der Waals surface area (Å²) in [5, 5.41) is 2.90. The lowest BCUT2D eigenvalue weighted by Crippen LogP contribution is -2.11. The van der Waals surface area contributed by atoms with E-state index < -0.39 is 13.4 Å². The van der Waals surface area contributed by atoms with Gasteiger partial charge in [0, 0.05) is 5.69 Å². The molecule has 2 rings (SSSR count). The average Bonchev–Trinajstić information content (AvgIpc) is 2.36. The number of hydrogen-bond acceptors (Lipinski definition) is 2. The smallest absolute Gasteiger partial charge is 0.352 e. The van der Waals surface area contributed by atoms with Crippen LogP contribution in [0.15, 0.2) is 54.6 Å². The molecule has 0 fully saturated rings. The highest BCUT2D eigenvalue weighted by molar-refractivity contribution is 7.52. The van der Waals surface area contributed by atoms with Crippen LogP contribution in [0.4, 0.5) is 5.69 Å². The van der Waals surface area contributed by atoms with Gasteiger partial charge in [0.05, 0.1) is 0 Å². The summed E-state index contributed by atoms with van der Waals surface area (Å²) in [5.74, 6) is -1.03. The molecular formula is C14H16NO3P. The zero-order valence-electron chi connectivity index (χ0n) is 10.5. The molecule has 4 nitrogen and oxygen atoms in total. The molecule has 3 N–H and O–H groups in total. The number of rotatable bonds is 4. The van der Waals surface area contributed by atoms with E-state index >= 15 is 0 Å². The second-order valence-electron chi connectivity index (χ2n) is 4.42. The Morgan fingerprint density at radius 3 is 2.32 bits per heavy atom. The summed E-state index contributed by atoms with van der Waals surface area (Å²) >= 11 is 0. The summed E-state index contributed by atoms with van der Waals surface area (Å²) in [7, 11) is -4.29. The Labute approximate surface area is 112 Å². The van der Waals surface area contributed by atoms with Crippen molar-refractivity contribution in [2.45, 2.75) is 12.7 Å². The monoisotopic (exact) mass is 277 g/mol. The lowest BCUT2D eigenvalue weighted by molar-refractivity contribution is 0.363. The normalized spacial score (nSPS) is 13.0. The molecule has 0 amide bonds. The van der Waals surface area contributed by atoms with Crippen molar-refractivity contribution in [3.8, 4) is 0 Å². The number of hydrogen-bond donors (Lipinski definition) is 3. The van der Waals surface area contributed by atoms with Crippen LogP contribution in [0.1, 0.15) is 16.9 Å². The van der Waals surface area contributed by atoms with Gasteiger partial charge in [-0.15, -0.1) is 0 Å². The van der Waals surface area contributed by atoms with Crippen molar-refractivity contribution < 1.29 is 14.4 Å². The fourth-order valence-electron chi connectivity index (χ4n) is 1.89. The molecule has 2 aromatic carbocycles. The average molecular weight is 277 g/mol. The Kier molecular flexibility index (Phi) is 4.05. The van der Waals surface area contributed by atoms with Gasteiger partial charge >= 0.3 is 7.60 Å². The van der Waals surface area contributed by atoms with Crippen molar-refractivity contribution in [2.24, 2.45) is 0 Å². The molecule has 0 radical (unpaired) electrons. The van der Waals surface area contributed by atoms with Gasteiger partial charge in [-0.1, -0.05) is 48.0 Å². The lowest BCUT2D eigenvalue weighted by Gasteiger charge is -2.21. The number of benzene rings is 2. The van der Waals surface area contributed by atoms with Crippen molar-refractivity contribution in [2.75, 3.05) is 5.32 Å². The Bertz CT molecular complexity index is 595. The van der Waals surface area contributed by atoms with Crippen LogP contribution in [-0.4, -0.2) is 9.79 Å². The van der Waals surface area contributed by atoms with Gasteiger partial charge < -0.3 is 15.1 Å². The van der Waals surface area contributed by atoms with E-state index in [0.29, 0.717) is 11.3 Å². The third-order valence-corrected chi connectivity index (χ3v) is 3.87. The highest BCUT2D eigenvalue weighted by atomic mass is 31.2. The number of nitrogens with one attached hydrogen (secondary N) is 1. The zero-order chi connectivity index (χ0) is 13.9. The van der Waals surface area contributed by atoms with Gasteiger partial charge in [0.25, 0.3) is 0 Å².